The Hall–Kier alpha value is -2.14. The maximum atomic E-state index is 12.6. The van der Waals surface area contributed by atoms with Crippen LogP contribution in [0, 0.1) is 0 Å². The fraction of sp³-hybridized carbons (Fsp3) is 0.500. The van der Waals surface area contributed by atoms with Gasteiger partial charge in [-0.15, -0.1) is 0 Å². The third-order valence-corrected chi connectivity index (χ3v) is 5.29. The van der Waals surface area contributed by atoms with Gasteiger partial charge in [-0.05, 0) is 80.6 Å². The van der Waals surface area contributed by atoms with Crippen LogP contribution in [0.5, 0.6) is 0 Å². The van der Waals surface area contributed by atoms with Crippen molar-refractivity contribution < 1.29 is 13.2 Å². The second kappa shape index (κ2) is 13.3. The molecule has 0 saturated heterocycles. The van der Waals surface area contributed by atoms with E-state index in [1.165, 1.54) is 69.4 Å². The minimum absolute atomic E-state index is 0.520. The van der Waals surface area contributed by atoms with Crippen LogP contribution in [0.4, 0.5) is 13.2 Å². The fourth-order valence-electron chi connectivity index (χ4n) is 3.64. The monoisotopic (exact) mass is 432 g/mol. The van der Waals surface area contributed by atoms with Crippen LogP contribution < -0.4 is 0 Å². The predicted molar refractivity (Wildman–Crippen MR) is 124 cm³/mol. The maximum Gasteiger partial charge on any atom is 0.416 e. The van der Waals surface area contributed by atoms with Crippen molar-refractivity contribution in [2.45, 2.75) is 65.1 Å². The van der Waals surface area contributed by atoms with Gasteiger partial charge in [0, 0.05) is 6.21 Å². The highest BCUT2D eigenvalue weighted by Gasteiger charge is 2.29. The molecule has 0 aliphatic rings. The molecule has 5 heteroatoms. The molecule has 2 aromatic carbocycles. The molecule has 0 fully saturated rings. The summed E-state index contributed by atoms with van der Waals surface area (Å²) in [6.07, 6.45) is 4.58. The van der Waals surface area contributed by atoms with Gasteiger partial charge < -0.3 is 4.90 Å². The van der Waals surface area contributed by atoms with E-state index in [9.17, 15) is 13.2 Å². The number of unbranched alkanes of at least 4 members (excludes halogenated alkanes) is 2. The van der Waals surface area contributed by atoms with Gasteiger partial charge in [0.25, 0.3) is 0 Å². The van der Waals surface area contributed by atoms with Gasteiger partial charge in [-0.1, -0.05) is 56.7 Å². The Labute approximate surface area is 185 Å². The minimum Gasteiger partial charge on any atom is -0.303 e. The van der Waals surface area contributed by atoms with Gasteiger partial charge in [0.05, 0.1) is 12.1 Å². The summed E-state index contributed by atoms with van der Waals surface area (Å²) >= 11 is 0. The van der Waals surface area contributed by atoms with E-state index < -0.39 is 11.7 Å². The van der Waals surface area contributed by atoms with Crippen molar-refractivity contribution in [3.63, 3.8) is 0 Å². The predicted octanol–water partition coefficient (Wildman–Crippen LogP) is 7.16. The fourth-order valence-corrected chi connectivity index (χ4v) is 3.64. The Kier molecular flexibility index (Phi) is 10.8. The molecular formula is C26H35F3N2. The van der Waals surface area contributed by atoms with E-state index in [4.69, 9.17) is 0 Å². The molecule has 0 aromatic heterocycles. The number of aliphatic imine (C=N–C) groups is 1. The first-order valence-corrected chi connectivity index (χ1v) is 11.4. The highest BCUT2D eigenvalue weighted by atomic mass is 19.4. The van der Waals surface area contributed by atoms with Crippen molar-refractivity contribution in [2.24, 2.45) is 4.99 Å². The summed E-state index contributed by atoms with van der Waals surface area (Å²) in [7, 11) is 0. The van der Waals surface area contributed by atoms with Gasteiger partial charge in [0.15, 0.2) is 0 Å². The van der Waals surface area contributed by atoms with Gasteiger partial charge >= 0.3 is 6.18 Å². The second-order valence-corrected chi connectivity index (χ2v) is 8.06. The van der Waals surface area contributed by atoms with Crippen LogP contribution in [-0.4, -0.2) is 30.7 Å². The summed E-state index contributed by atoms with van der Waals surface area (Å²) < 4.78 is 37.8. The summed E-state index contributed by atoms with van der Waals surface area (Å²) in [5.41, 5.74) is 2.47. The van der Waals surface area contributed by atoms with Crippen molar-refractivity contribution in [1.82, 2.24) is 4.90 Å². The molecule has 0 aliphatic carbocycles. The molecule has 0 aliphatic heterocycles. The molecule has 2 rings (SSSR count). The van der Waals surface area contributed by atoms with E-state index in [0.717, 1.165) is 24.1 Å². The van der Waals surface area contributed by atoms with Gasteiger partial charge in [0.1, 0.15) is 0 Å². The number of alkyl halides is 3. The van der Waals surface area contributed by atoms with Crippen LogP contribution in [0.1, 0.15) is 68.2 Å². The number of hydrogen-bond acceptors (Lipinski definition) is 2. The summed E-state index contributed by atoms with van der Waals surface area (Å²) in [6, 6.07) is 13.5. The second-order valence-electron chi connectivity index (χ2n) is 8.06. The molecule has 0 heterocycles. The smallest absolute Gasteiger partial charge is 0.303 e. The molecule has 0 radical (unpaired) electrons. The topological polar surface area (TPSA) is 15.6 Å². The Morgan fingerprint density at radius 3 is 1.97 bits per heavy atom. The summed E-state index contributed by atoms with van der Waals surface area (Å²) in [4.78, 5) is 6.93. The van der Waals surface area contributed by atoms with Crippen molar-refractivity contribution in [3.8, 4) is 0 Å². The molecule has 31 heavy (non-hydrogen) atoms. The van der Waals surface area contributed by atoms with Gasteiger partial charge in [-0.3, -0.25) is 4.99 Å². The molecule has 2 nitrogen and oxygen atoms in total. The van der Waals surface area contributed by atoms with E-state index in [2.05, 4.69) is 48.0 Å². The minimum atomic E-state index is -4.30. The molecule has 0 N–H and O–H groups in total. The van der Waals surface area contributed by atoms with Crippen LogP contribution in [0.2, 0.25) is 0 Å². The molecule has 170 valence electrons. The average Bonchev–Trinajstić information content (AvgIpc) is 2.74. The summed E-state index contributed by atoms with van der Waals surface area (Å²) in [6.45, 7) is 8.62. The zero-order valence-corrected chi connectivity index (χ0v) is 18.8. The first kappa shape index (κ1) is 25.1. The van der Waals surface area contributed by atoms with Crippen LogP contribution in [0.3, 0.4) is 0 Å². The normalized spacial score (nSPS) is 12.2. The Balaban J connectivity index is 1.70. The quantitative estimate of drug-likeness (QED) is 0.242. The SMILES string of the molecule is CCCN(CCC)CCCCCc1ccc(CN=Cc2ccc(C(F)(F)F)cc2)cc1. The summed E-state index contributed by atoms with van der Waals surface area (Å²) in [5, 5.41) is 0. The van der Waals surface area contributed by atoms with Crippen LogP contribution >= 0.6 is 0 Å². The van der Waals surface area contributed by atoms with E-state index in [1.807, 2.05) is 0 Å². The van der Waals surface area contributed by atoms with Crippen molar-refractivity contribution in [3.05, 3.63) is 70.8 Å². The van der Waals surface area contributed by atoms with E-state index >= 15 is 0 Å². The lowest BCUT2D eigenvalue weighted by molar-refractivity contribution is -0.137. The maximum absolute atomic E-state index is 12.6. The standard InChI is InChI=1S/C26H35F3N2/c1-3-17-31(18-4-2)19-7-5-6-8-22-9-11-23(12-10-22)20-30-21-24-13-15-25(16-14-24)26(27,28)29/h9-16,21H,3-8,17-20H2,1-2H3. The third-order valence-electron chi connectivity index (χ3n) is 5.29. The zero-order valence-electron chi connectivity index (χ0n) is 18.8. The Morgan fingerprint density at radius 2 is 1.39 bits per heavy atom. The number of hydrogen-bond donors (Lipinski definition) is 0. The average molecular weight is 433 g/mol. The number of nitrogens with zero attached hydrogens (tertiary/aromatic N) is 2. The number of halogens is 3. The number of benzene rings is 2. The van der Waals surface area contributed by atoms with Gasteiger partial charge in [-0.25, -0.2) is 0 Å². The molecule has 0 atom stereocenters. The molecule has 0 unspecified atom stereocenters. The van der Waals surface area contributed by atoms with Crippen LogP contribution in [-0.2, 0) is 19.1 Å². The number of aryl methyl sites for hydroxylation is 1. The highest BCUT2D eigenvalue weighted by Crippen LogP contribution is 2.28. The molecule has 2 aromatic rings. The highest BCUT2D eigenvalue weighted by molar-refractivity contribution is 5.79. The van der Waals surface area contributed by atoms with Gasteiger partial charge in [-0.2, -0.15) is 13.2 Å². The van der Waals surface area contributed by atoms with E-state index in [-0.39, 0.29) is 0 Å². The Bertz CT molecular complexity index is 759. The molecule has 0 saturated carbocycles. The summed E-state index contributed by atoms with van der Waals surface area (Å²) in [5.74, 6) is 0. The molecule has 0 bridgehead atoms. The molecular weight excluding hydrogens is 397 g/mol. The lowest BCUT2D eigenvalue weighted by Crippen LogP contribution is -2.26. The van der Waals surface area contributed by atoms with Crippen molar-refractivity contribution in [2.75, 3.05) is 19.6 Å². The van der Waals surface area contributed by atoms with E-state index in [0.29, 0.717) is 12.1 Å². The van der Waals surface area contributed by atoms with Crippen LogP contribution in [0.15, 0.2) is 53.5 Å². The Morgan fingerprint density at radius 1 is 0.774 bits per heavy atom. The van der Waals surface area contributed by atoms with Crippen molar-refractivity contribution >= 4 is 6.21 Å². The lowest BCUT2D eigenvalue weighted by atomic mass is 10.0. The first-order valence-electron chi connectivity index (χ1n) is 11.4. The van der Waals surface area contributed by atoms with Crippen LogP contribution in [0.25, 0.3) is 0 Å². The molecule has 0 amide bonds. The molecule has 0 spiro atoms. The zero-order chi connectivity index (χ0) is 22.5. The largest absolute Gasteiger partial charge is 0.416 e. The lowest BCUT2D eigenvalue weighted by Gasteiger charge is -2.20. The first-order chi connectivity index (χ1) is 14.9. The van der Waals surface area contributed by atoms with Crippen molar-refractivity contribution in [1.29, 1.82) is 0 Å². The number of rotatable bonds is 13. The van der Waals surface area contributed by atoms with E-state index in [1.54, 1.807) is 6.21 Å². The van der Waals surface area contributed by atoms with Gasteiger partial charge in [0.2, 0.25) is 0 Å². The third kappa shape index (κ3) is 9.69.